The highest BCUT2D eigenvalue weighted by Gasteiger charge is 2.23. The van der Waals surface area contributed by atoms with Gasteiger partial charge in [0.2, 0.25) is 0 Å². The fourth-order valence-electron chi connectivity index (χ4n) is 3.01. The third-order valence-electron chi connectivity index (χ3n) is 4.46. The van der Waals surface area contributed by atoms with E-state index in [1.54, 1.807) is 48.2 Å². The van der Waals surface area contributed by atoms with E-state index in [-0.39, 0.29) is 24.3 Å². The minimum absolute atomic E-state index is 0.0253. The Morgan fingerprint density at radius 3 is 2.59 bits per heavy atom. The molecule has 0 aliphatic carbocycles. The van der Waals surface area contributed by atoms with Gasteiger partial charge in [-0.15, -0.1) is 0 Å². The van der Waals surface area contributed by atoms with Crippen LogP contribution >= 0.6 is 0 Å². The fraction of sp³-hybridized carbons (Fsp3) is 0.368. The number of ketones is 1. The van der Waals surface area contributed by atoms with Crippen molar-refractivity contribution in [2.75, 3.05) is 20.6 Å². The van der Waals surface area contributed by atoms with E-state index in [0.29, 0.717) is 30.8 Å². The number of fused-ring (bicyclic) bond motifs is 1. The van der Waals surface area contributed by atoms with Crippen molar-refractivity contribution < 1.29 is 14.4 Å². The number of carbonyl (C=O) groups excluding carboxylic acids is 3. The lowest BCUT2D eigenvalue weighted by atomic mass is 10.1. The largest absolute Gasteiger partial charge is 0.346 e. The van der Waals surface area contributed by atoms with Gasteiger partial charge in [0, 0.05) is 31.8 Å². The van der Waals surface area contributed by atoms with Crippen molar-refractivity contribution in [2.45, 2.75) is 26.6 Å². The van der Waals surface area contributed by atoms with Crippen LogP contribution in [-0.2, 0) is 19.6 Å². The second-order valence-electron chi connectivity index (χ2n) is 6.77. The summed E-state index contributed by atoms with van der Waals surface area (Å²) in [5, 5.41) is 7.32. The summed E-state index contributed by atoms with van der Waals surface area (Å²) < 4.78 is 1.87. The summed E-state index contributed by atoms with van der Waals surface area (Å²) in [6.07, 6.45) is 0. The highest BCUT2D eigenvalue weighted by atomic mass is 16.2. The third-order valence-corrected chi connectivity index (χ3v) is 4.46. The monoisotopic (exact) mass is 369 g/mol. The van der Waals surface area contributed by atoms with Crippen molar-refractivity contribution in [3.05, 3.63) is 52.8 Å². The molecule has 1 aliphatic heterocycles. The van der Waals surface area contributed by atoms with Crippen molar-refractivity contribution in [3.8, 4) is 0 Å². The quantitative estimate of drug-likeness (QED) is 0.828. The smallest absolute Gasteiger partial charge is 0.319 e. The molecule has 1 aliphatic rings. The van der Waals surface area contributed by atoms with Gasteiger partial charge >= 0.3 is 6.03 Å². The summed E-state index contributed by atoms with van der Waals surface area (Å²) >= 11 is 0. The van der Waals surface area contributed by atoms with Crippen molar-refractivity contribution in [1.82, 2.24) is 24.9 Å². The van der Waals surface area contributed by atoms with Gasteiger partial charge in [-0.2, -0.15) is 5.10 Å². The number of rotatable bonds is 4. The van der Waals surface area contributed by atoms with Crippen LogP contribution in [0.1, 0.15) is 39.0 Å². The molecular weight excluding hydrogens is 346 g/mol. The number of nitrogens with zero attached hydrogens (tertiary/aromatic N) is 4. The van der Waals surface area contributed by atoms with Gasteiger partial charge in [0.1, 0.15) is 0 Å². The number of hydrogen-bond donors (Lipinski definition) is 1. The van der Waals surface area contributed by atoms with Crippen molar-refractivity contribution in [1.29, 1.82) is 0 Å². The number of aromatic nitrogens is 2. The zero-order chi connectivity index (χ0) is 19.6. The summed E-state index contributed by atoms with van der Waals surface area (Å²) in [4.78, 5) is 39.2. The molecule has 3 rings (SSSR count). The highest BCUT2D eigenvalue weighted by molar-refractivity contribution is 5.99. The van der Waals surface area contributed by atoms with E-state index in [9.17, 15) is 14.4 Å². The Morgan fingerprint density at radius 2 is 1.89 bits per heavy atom. The first-order valence-corrected chi connectivity index (χ1v) is 8.76. The highest BCUT2D eigenvalue weighted by Crippen LogP contribution is 2.15. The second-order valence-corrected chi connectivity index (χ2v) is 6.77. The number of amides is 3. The standard InChI is InChI=1S/C19H23N5O3/c1-13(25)14-5-4-6-15(9-14)18(26)20-11-16-10-17-12-23(19(27)22(2)3)7-8-24(17)21-16/h4-6,9-10H,7-8,11-12H2,1-3H3,(H,20,26). The molecule has 0 atom stereocenters. The molecule has 3 amide bonds. The maximum Gasteiger partial charge on any atom is 0.319 e. The lowest BCUT2D eigenvalue weighted by Crippen LogP contribution is -2.43. The number of hydrogen-bond acceptors (Lipinski definition) is 4. The molecule has 142 valence electrons. The molecule has 0 spiro atoms. The predicted octanol–water partition coefficient (Wildman–Crippen LogP) is 1.51. The van der Waals surface area contributed by atoms with E-state index in [2.05, 4.69) is 10.4 Å². The van der Waals surface area contributed by atoms with Crippen LogP contribution in [0.4, 0.5) is 4.79 Å². The first-order chi connectivity index (χ1) is 12.8. The van der Waals surface area contributed by atoms with Gasteiger partial charge in [-0.05, 0) is 25.1 Å². The summed E-state index contributed by atoms with van der Waals surface area (Å²) in [6.45, 7) is 3.49. The van der Waals surface area contributed by atoms with Gasteiger partial charge in [-0.1, -0.05) is 12.1 Å². The third kappa shape index (κ3) is 4.16. The van der Waals surface area contributed by atoms with Crippen molar-refractivity contribution in [3.63, 3.8) is 0 Å². The molecule has 1 N–H and O–H groups in total. The molecule has 0 radical (unpaired) electrons. The molecule has 1 aromatic carbocycles. The first-order valence-electron chi connectivity index (χ1n) is 8.76. The molecule has 27 heavy (non-hydrogen) atoms. The molecule has 1 aromatic heterocycles. The normalized spacial score (nSPS) is 13.1. The van der Waals surface area contributed by atoms with E-state index in [1.807, 2.05) is 10.7 Å². The number of benzene rings is 1. The molecule has 8 heteroatoms. The van der Waals surface area contributed by atoms with Crippen LogP contribution in [0, 0.1) is 0 Å². The number of carbonyl (C=O) groups is 3. The average molecular weight is 369 g/mol. The van der Waals surface area contributed by atoms with Gasteiger partial charge in [0.25, 0.3) is 5.91 Å². The van der Waals surface area contributed by atoms with E-state index in [4.69, 9.17) is 0 Å². The van der Waals surface area contributed by atoms with E-state index >= 15 is 0 Å². The second kappa shape index (κ2) is 7.61. The minimum atomic E-state index is -0.256. The van der Waals surface area contributed by atoms with Gasteiger partial charge < -0.3 is 15.1 Å². The Bertz CT molecular complexity index is 887. The lowest BCUT2D eigenvalue weighted by molar-refractivity contribution is 0.0950. The van der Waals surface area contributed by atoms with Crippen LogP contribution < -0.4 is 5.32 Å². The average Bonchev–Trinajstić information content (AvgIpc) is 3.07. The van der Waals surface area contributed by atoms with E-state index in [1.165, 1.54) is 6.92 Å². The Labute approximate surface area is 157 Å². The number of nitrogens with one attached hydrogen (secondary N) is 1. The van der Waals surface area contributed by atoms with E-state index < -0.39 is 0 Å². The van der Waals surface area contributed by atoms with Crippen molar-refractivity contribution in [2.24, 2.45) is 0 Å². The SMILES string of the molecule is CC(=O)c1cccc(C(=O)NCc2cc3n(n2)CCN(C(=O)N(C)C)C3)c1. The molecule has 0 fully saturated rings. The van der Waals surface area contributed by atoms with Gasteiger partial charge in [-0.25, -0.2) is 4.79 Å². The molecular formula is C19H23N5O3. The maximum absolute atomic E-state index is 12.3. The van der Waals surface area contributed by atoms with Crippen LogP contribution in [-0.4, -0.2) is 57.9 Å². The van der Waals surface area contributed by atoms with Crippen LogP contribution in [0.5, 0.6) is 0 Å². The van der Waals surface area contributed by atoms with Gasteiger partial charge in [0.05, 0.1) is 31.0 Å². The Balaban J connectivity index is 1.63. The minimum Gasteiger partial charge on any atom is -0.346 e. The summed E-state index contributed by atoms with van der Waals surface area (Å²) in [5.74, 6) is -0.336. The van der Waals surface area contributed by atoms with Gasteiger partial charge in [0.15, 0.2) is 5.78 Å². The van der Waals surface area contributed by atoms with Crippen molar-refractivity contribution >= 4 is 17.7 Å². The lowest BCUT2D eigenvalue weighted by Gasteiger charge is -2.29. The predicted molar refractivity (Wildman–Crippen MR) is 99.3 cm³/mol. The summed E-state index contributed by atoms with van der Waals surface area (Å²) in [6, 6.07) is 8.51. The molecule has 8 nitrogen and oxygen atoms in total. The summed E-state index contributed by atoms with van der Waals surface area (Å²) in [7, 11) is 3.46. The van der Waals surface area contributed by atoms with Crippen LogP contribution in [0.2, 0.25) is 0 Å². The molecule has 0 saturated carbocycles. The molecule has 0 unspecified atom stereocenters. The van der Waals surface area contributed by atoms with Gasteiger partial charge in [-0.3, -0.25) is 14.3 Å². The summed E-state index contributed by atoms with van der Waals surface area (Å²) in [5.41, 5.74) is 2.62. The first kappa shape index (κ1) is 18.6. The molecule has 0 bridgehead atoms. The maximum atomic E-state index is 12.3. The Hall–Kier alpha value is -3.16. The Kier molecular flexibility index (Phi) is 5.25. The van der Waals surface area contributed by atoms with Crippen LogP contribution in [0.3, 0.4) is 0 Å². The topological polar surface area (TPSA) is 87.5 Å². The fourth-order valence-corrected chi connectivity index (χ4v) is 3.01. The zero-order valence-electron chi connectivity index (χ0n) is 15.7. The number of urea groups is 1. The van der Waals surface area contributed by atoms with Crippen LogP contribution in [0.15, 0.2) is 30.3 Å². The molecule has 2 aromatic rings. The van der Waals surface area contributed by atoms with E-state index in [0.717, 1.165) is 11.4 Å². The molecule has 0 saturated heterocycles. The van der Waals surface area contributed by atoms with Crippen LogP contribution in [0.25, 0.3) is 0 Å². The zero-order valence-corrected chi connectivity index (χ0v) is 15.7. The molecule has 2 heterocycles. The number of Topliss-reactive ketones (excluding diaryl/α,β-unsaturated/α-hetero) is 1. The Morgan fingerprint density at radius 1 is 1.15 bits per heavy atom.